The third-order valence-corrected chi connectivity index (χ3v) is 6.70. The molecule has 1 unspecified atom stereocenters. The zero-order valence-corrected chi connectivity index (χ0v) is 20.1. The highest BCUT2D eigenvalue weighted by molar-refractivity contribution is 6.32. The molecule has 3 heterocycles. The zero-order valence-electron chi connectivity index (χ0n) is 18.6. The molecule has 1 aromatic heterocycles. The molecule has 176 valence electrons. The second kappa shape index (κ2) is 10.6. The summed E-state index contributed by atoms with van der Waals surface area (Å²) in [7, 11) is 0. The van der Waals surface area contributed by atoms with Gasteiger partial charge in [0.1, 0.15) is 23.7 Å². The maximum Gasteiger partial charge on any atom is 0.247 e. The van der Waals surface area contributed by atoms with Gasteiger partial charge >= 0.3 is 0 Å². The molecular weight excluding hydrogens is 463 g/mol. The van der Waals surface area contributed by atoms with Crippen LogP contribution in [0.2, 0.25) is 10.0 Å². The van der Waals surface area contributed by atoms with Crippen molar-refractivity contribution in [1.82, 2.24) is 9.88 Å². The van der Waals surface area contributed by atoms with Gasteiger partial charge in [-0.25, -0.2) is 4.98 Å². The van der Waals surface area contributed by atoms with Gasteiger partial charge in [-0.05, 0) is 49.6 Å². The molecule has 0 spiro atoms. The average Bonchev–Trinajstić information content (AvgIpc) is 2.82. The van der Waals surface area contributed by atoms with Crippen LogP contribution in [0.15, 0.2) is 36.5 Å². The van der Waals surface area contributed by atoms with Crippen molar-refractivity contribution in [1.29, 1.82) is 0 Å². The number of halogens is 2. The number of hydrogen-bond donors (Lipinski definition) is 1. The number of ether oxygens (including phenoxy) is 1. The number of anilines is 2. The van der Waals surface area contributed by atoms with Crippen molar-refractivity contribution in [3.8, 4) is 5.75 Å². The minimum Gasteiger partial charge on any atom is -0.489 e. The smallest absolute Gasteiger partial charge is 0.247 e. The first-order chi connectivity index (χ1) is 15.9. The Hall–Kier alpha value is -2.51. The van der Waals surface area contributed by atoms with Crippen LogP contribution in [0, 0.1) is 0 Å². The van der Waals surface area contributed by atoms with Crippen LogP contribution >= 0.6 is 23.2 Å². The van der Waals surface area contributed by atoms with Gasteiger partial charge in [-0.3, -0.25) is 9.59 Å². The minimum absolute atomic E-state index is 0.0536. The molecule has 2 amide bonds. The van der Waals surface area contributed by atoms with Crippen molar-refractivity contribution >= 4 is 46.5 Å². The molecule has 4 rings (SSSR count). The predicted molar refractivity (Wildman–Crippen MR) is 130 cm³/mol. The number of benzene rings is 1. The fraction of sp³-hybridized carbons (Fsp3) is 0.458. The van der Waals surface area contributed by atoms with Gasteiger partial charge in [0, 0.05) is 51.3 Å². The predicted octanol–water partition coefficient (Wildman–Crippen LogP) is 4.78. The van der Waals surface area contributed by atoms with Crippen LogP contribution in [-0.4, -0.2) is 53.5 Å². The van der Waals surface area contributed by atoms with Crippen LogP contribution in [-0.2, 0) is 9.59 Å². The van der Waals surface area contributed by atoms with Crippen molar-refractivity contribution in [3.05, 3.63) is 46.6 Å². The second-order valence-corrected chi connectivity index (χ2v) is 9.34. The summed E-state index contributed by atoms with van der Waals surface area (Å²) in [6, 6.07) is 8.60. The molecule has 33 heavy (non-hydrogen) atoms. The van der Waals surface area contributed by atoms with Gasteiger partial charge in [0.05, 0.1) is 10.0 Å². The normalized spacial score (nSPS) is 19.3. The summed E-state index contributed by atoms with van der Waals surface area (Å²) < 4.78 is 6.15. The molecule has 0 radical (unpaired) electrons. The van der Waals surface area contributed by atoms with Crippen molar-refractivity contribution in [2.45, 2.75) is 51.2 Å². The van der Waals surface area contributed by atoms with E-state index in [2.05, 4.69) is 15.2 Å². The van der Waals surface area contributed by atoms with Crippen LogP contribution in [0.5, 0.6) is 5.75 Å². The van der Waals surface area contributed by atoms with Gasteiger partial charge in [-0.15, -0.1) is 0 Å². The first-order valence-electron chi connectivity index (χ1n) is 11.3. The summed E-state index contributed by atoms with van der Waals surface area (Å²) in [5.41, 5.74) is 0.593. The van der Waals surface area contributed by atoms with E-state index in [1.54, 1.807) is 29.3 Å². The van der Waals surface area contributed by atoms with Crippen LogP contribution in [0.4, 0.5) is 11.5 Å². The molecule has 0 aliphatic carbocycles. The van der Waals surface area contributed by atoms with Gasteiger partial charge in [0.2, 0.25) is 11.8 Å². The van der Waals surface area contributed by atoms with E-state index in [0.29, 0.717) is 34.4 Å². The first-order valence-corrected chi connectivity index (χ1v) is 12.1. The van der Waals surface area contributed by atoms with Gasteiger partial charge < -0.3 is 19.9 Å². The Bertz CT molecular complexity index is 994. The molecule has 2 fully saturated rings. The first kappa shape index (κ1) is 23.6. The highest BCUT2D eigenvalue weighted by Crippen LogP contribution is 2.31. The van der Waals surface area contributed by atoms with Gasteiger partial charge in [-0.2, -0.15) is 0 Å². The quantitative estimate of drug-likeness (QED) is 0.652. The fourth-order valence-corrected chi connectivity index (χ4v) is 4.76. The second-order valence-electron chi connectivity index (χ2n) is 8.50. The highest BCUT2D eigenvalue weighted by atomic mass is 35.5. The summed E-state index contributed by atoms with van der Waals surface area (Å²) in [4.78, 5) is 32.9. The zero-order chi connectivity index (χ0) is 23.4. The van der Waals surface area contributed by atoms with E-state index < -0.39 is 6.04 Å². The van der Waals surface area contributed by atoms with Crippen LogP contribution in [0.1, 0.15) is 39.0 Å². The highest BCUT2D eigenvalue weighted by Gasteiger charge is 2.30. The third-order valence-electron chi connectivity index (χ3n) is 6.18. The Balaban J connectivity index is 1.32. The number of pyridine rings is 1. The van der Waals surface area contributed by atoms with E-state index in [4.69, 9.17) is 27.9 Å². The largest absolute Gasteiger partial charge is 0.489 e. The van der Waals surface area contributed by atoms with Crippen molar-refractivity contribution < 1.29 is 14.3 Å². The van der Waals surface area contributed by atoms with Crippen LogP contribution in [0.3, 0.4) is 0 Å². The fourth-order valence-electron chi connectivity index (χ4n) is 4.42. The van der Waals surface area contributed by atoms with Crippen molar-refractivity contribution in [2.24, 2.45) is 0 Å². The Morgan fingerprint density at radius 2 is 1.85 bits per heavy atom. The summed E-state index contributed by atoms with van der Waals surface area (Å²) in [5.74, 6) is 1.25. The molecule has 0 bridgehead atoms. The average molecular weight is 491 g/mol. The number of amides is 2. The molecule has 1 N–H and O–H groups in total. The SMILES string of the molecule is CC(=O)N1CCCCC1C(=O)Nc1ccc(OC2CCN(c3ccc(Cl)cn3)CC2)c(Cl)c1. The van der Waals surface area contributed by atoms with E-state index in [1.165, 1.54) is 6.92 Å². The maximum absolute atomic E-state index is 12.8. The lowest BCUT2D eigenvalue weighted by molar-refractivity contribution is -0.138. The lowest BCUT2D eigenvalue weighted by Crippen LogP contribution is -2.49. The number of likely N-dealkylation sites (tertiary alicyclic amines) is 1. The molecule has 2 aliphatic rings. The van der Waals surface area contributed by atoms with E-state index in [0.717, 1.165) is 44.6 Å². The number of nitrogens with zero attached hydrogens (tertiary/aromatic N) is 3. The molecule has 7 nitrogen and oxygen atoms in total. The molecule has 2 aliphatic heterocycles. The van der Waals surface area contributed by atoms with Crippen molar-refractivity contribution in [3.63, 3.8) is 0 Å². The van der Waals surface area contributed by atoms with E-state index >= 15 is 0 Å². The Labute approximate surface area is 204 Å². The third kappa shape index (κ3) is 5.89. The van der Waals surface area contributed by atoms with E-state index in [9.17, 15) is 9.59 Å². The molecule has 9 heteroatoms. The Morgan fingerprint density at radius 1 is 1.06 bits per heavy atom. The lowest BCUT2D eigenvalue weighted by atomic mass is 10.0. The topological polar surface area (TPSA) is 74.8 Å². The summed E-state index contributed by atoms with van der Waals surface area (Å²) in [5, 5.41) is 3.97. The number of rotatable bonds is 5. The van der Waals surface area contributed by atoms with Crippen LogP contribution < -0.4 is 15.0 Å². The number of carbonyl (C=O) groups is 2. The van der Waals surface area contributed by atoms with E-state index in [1.807, 2.05) is 12.1 Å². The molecular formula is C24H28Cl2N4O3. The van der Waals surface area contributed by atoms with E-state index in [-0.39, 0.29) is 17.9 Å². The Morgan fingerprint density at radius 3 is 2.52 bits per heavy atom. The number of carbonyl (C=O) groups excluding carboxylic acids is 2. The number of aromatic nitrogens is 1. The number of piperidine rings is 2. The van der Waals surface area contributed by atoms with Crippen LogP contribution in [0.25, 0.3) is 0 Å². The van der Waals surface area contributed by atoms with Gasteiger partial charge in [0.15, 0.2) is 0 Å². The summed E-state index contributed by atoms with van der Waals surface area (Å²) in [6.07, 6.45) is 5.94. The summed E-state index contributed by atoms with van der Waals surface area (Å²) in [6.45, 7) is 3.79. The van der Waals surface area contributed by atoms with Gasteiger partial charge in [0.25, 0.3) is 0 Å². The maximum atomic E-state index is 12.8. The molecule has 1 aromatic carbocycles. The number of nitrogens with one attached hydrogen (secondary N) is 1. The monoisotopic (exact) mass is 490 g/mol. The minimum atomic E-state index is -0.439. The molecule has 2 saturated heterocycles. The molecule has 0 saturated carbocycles. The lowest BCUT2D eigenvalue weighted by Gasteiger charge is -2.34. The molecule has 2 aromatic rings. The molecule has 1 atom stereocenters. The number of hydrogen-bond acceptors (Lipinski definition) is 5. The summed E-state index contributed by atoms with van der Waals surface area (Å²) >= 11 is 12.4. The van der Waals surface area contributed by atoms with Crippen molar-refractivity contribution in [2.75, 3.05) is 29.9 Å². The standard InChI is InChI=1S/C24H28Cl2N4O3/c1-16(31)30-11-3-2-4-21(30)24(32)28-18-6-7-22(20(26)14-18)33-19-9-12-29(13-10-19)23-8-5-17(25)15-27-23/h5-8,14-15,19,21H,2-4,9-13H2,1H3,(H,28,32). The van der Waals surface area contributed by atoms with Gasteiger partial charge in [-0.1, -0.05) is 23.2 Å². The Kier molecular flexibility index (Phi) is 7.60.